The molecule has 1 saturated carbocycles. The van der Waals surface area contributed by atoms with E-state index in [1.807, 2.05) is 48.6 Å². The van der Waals surface area contributed by atoms with E-state index in [0.29, 0.717) is 5.41 Å². The summed E-state index contributed by atoms with van der Waals surface area (Å²) in [4.78, 5) is 2.27. The van der Waals surface area contributed by atoms with Crippen LogP contribution in [0.15, 0.2) is 0 Å². The van der Waals surface area contributed by atoms with Crippen LogP contribution >= 0.6 is 0 Å². The van der Waals surface area contributed by atoms with E-state index in [1.54, 1.807) is 0 Å². The van der Waals surface area contributed by atoms with Crippen LogP contribution in [0.3, 0.4) is 0 Å². The van der Waals surface area contributed by atoms with Gasteiger partial charge >= 0.3 is 0 Å². The quantitative estimate of drug-likeness (QED) is 0.357. The lowest BCUT2D eigenvalue weighted by Crippen LogP contribution is -2.36. The molecule has 32 heavy (non-hydrogen) atoms. The largest absolute Gasteiger partial charge is 0.333 e. The van der Waals surface area contributed by atoms with Crippen molar-refractivity contribution < 1.29 is 0 Å². The van der Waals surface area contributed by atoms with Crippen molar-refractivity contribution in [3.05, 3.63) is 0 Å². The first-order valence-corrected chi connectivity index (χ1v) is 14.2. The van der Waals surface area contributed by atoms with Crippen molar-refractivity contribution in [1.82, 2.24) is 15.5 Å². The molecule has 0 unspecified atom stereocenters. The molecule has 0 aromatic carbocycles. The highest BCUT2D eigenvalue weighted by Crippen LogP contribution is 2.36. The second kappa shape index (κ2) is 38.1. The maximum Gasteiger partial charge on any atom is 0.0104 e. The Labute approximate surface area is 207 Å². The zero-order chi connectivity index (χ0) is 26.3. The molecule has 0 bridgehead atoms. The van der Waals surface area contributed by atoms with E-state index in [0.717, 1.165) is 25.6 Å². The van der Waals surface area contributed by atoms with E-state index in [2.05, 4.69) is 56.0 Å². The van der Waals surface area contributed by atoms with Crippen molar-refractivity contribution in [2.75, 3.05) is 53.9 Å². The van der Waals surface area contributed by atoms with Crippen molar-refractivity contribution in [1.29, 1.82) is 0 Å². The van der Waals surface area contributed by atoms with Crippen LogP contribution in [0.25, 0.3) is 0 Å². The predicted octanol–water partition coefficient (Wildman–Crippen LogP) is 7.18. The van der Waals surface area contributed by atoms with Gasteiger partial charge in [0.1, 0.15) is 0 Å². The van der Waals surface area contributed by atoms with E-state index in [4.69, 9.17) is 0 Å². The monoisotopic (exact) mass is 463 g/mol. The Morgan fingerprint density at radius 2 is 1.38 bits per heavy atom. The Balaban J connectivity index is -0.000000102. The molecule has 0 spiro atoms. The molecule has 0 atom stereocenters. The van der Waals surface area contributed by atoms with Gasteiger partial charge in [-0.05, 0) is 71.4 Å². The maximum absolute atomic E-state index is 4.50. The Hall–Kier alpha value is -0.160. The van der Waals surface area contributed by atoms with Crippen LogP contribution in [-0.2, 0) is 0 Å². The summed E-state index contributed by atoms with van der Waals surface area (Å²) in [6.07, 6.45) is 11.4. The van der Waals surface area contributed by atoms with Crippen molar-refractivity contribution in [3.63, 3.8) is 0 Å². The fourth-order valence-electron chi connectivity index (χ4n) is 3.25. The maximum atomic E-state index is 4.50. The summed E-state index contributed by atoms with van der Waals surface area (Å²) >= 11 is 0. The fraction of sp³-hybridized carbons (Fsp3) is 1.00. The van der Waals surface area contributed by atoms with E-state index in [9.17, 15) is 0 Å². The SMILES string of the molecule is CC.CC.CC.CCC1CC1.CCCC1(CC)CCNCC1.CCN(C)CCNC.CN. The van der Waals surface area contributed by atoms with Crippen molar-refractivity contribution in [3.8, 4) is 0 Å². The molecule has 1 saturated heterocycles. The standard InChI is InChI=1S/C10H21N.C6H16N2.C5H10.3C2H6.CH5N/c1-3-5-10(4-2)6-8-11-9-7-10;1-4-8(3)6-5-7-2;1-2-5-3-4-5;4*1-2/h11H,3-9H2,1-2H3;7H,4-6H2,1-3H3;5H,2-4H2,1H3;3*1-2H3;2H2,1H3. The van der Waals surface area contributed by atoms with Crippen molar-refractivity contribution >= 4 is 0 Å². The summed E-state index contributed by atoms with van der Waals surface area (Å²) in [6, 6.07) is 0. The molecule has 0 amide bonds. The van der Waals surface area contributed by atoms with Crippen molar-refractivity contribution in [2.45, 2.75) is 121 Å². The number of likely N-dealkylation sites (N-methyl/N-ethyl adjacent to an activating group) is 2. The van der Waals surface area contributed by atoms with Crippen LogP contribution in [0.4, 0.5) is 0 Å². The molecule has 1 aliphatic heterocycles. The molecule has 0 radical (unpaired) electrons. The first-order valence-electron chi connectivity index (χ1n) is 14.2. The van der Waals surface area contributed by atoms with Crippen LogP contribution in [0.1, 0.15) is 121 Å². The van der Waals surface area contributed by atoms with Crippen molar-refractivity contribution in [2.24, 2.45) is 17.1 Å². The van der Waals surface area contributed by atoms with E-state index in [1.165, 1.54) is 71.5 Å². The van der Waals surface area contributed by atoms with E-state index >= 15 is 0 Å². The Morgan fingerprint density at radius 3 is 1.62 bits per heavy atom. The van der Waals surface area contributed by atoms with Crippen LogP contribution < -0.4 is 16.4 Å². The minimum atomic E-state index is 0.708. The van der Waals surface area contributed by atoms with Crippen LogP contribution in [-0.4, -0.2) is 58.8 Å². The number of nitrogens with two attached hydrogens (primary N) is 1. The number of rotatable bonds is 8. The van der Waals surface area contributed by atoms with Gasteiger partial charge in [-0.25, -0.2) is 0 Å². The molecule has 2 fully saturated rings. The van der Waals surface area contributed by atoms with Gasteiger partial charge in [-0.3, -0.25) is 0 Å². The highest BCUT2D eigenvalue weighted by Gasteiger charge is 2.28. The van der Waals surface area contributed by atoms with Gasteiger partial charge in [0.15, 0.2) is 0 Å². The fourth-order valence-corrected chi connectivity index (χ4v) is 3.25. The van der Waals surface area contributed by atoms with Gasteiger partial charge in [0, 0.05) is 13.1 Å². The molecule has 4 nitrogen and oxygen atoms in total. The summed E-state index contributed by atoms with van der Waals surface area (Å²) in [5, 5.41) is 6.52. The lowest BCUT2D eigenvalue weighted by Gasteiger charge is -2.36. The molecule has 2 rings (SSSR count). The van der Waals surface area contributed by atoms with E-state index in [-0.39, 0.29) is 0 Å². The molecule has 2 aliphatic rings. The lowest BCUT2D eigenvalue weighted by atomic mass is 9.73. The smallest absolute Gasteiger partial charge is 0.0104 e. The minimum absolute atomic E-state index is 0.708. The molecule has 1 aliphatic carbocycles. The minimum Gasteiger partial charge on any atom is -0.333 e. The average Bonchev–Trinajstić information content (AvgIpc) is 3.74. The second-order valence-electron chi connectivity index (χ2n) is 7.70. The normalized spacial score (nSPS) is 15.1. The average molecular weight is 463 g/mol. The molecule has 1 heterocycles. The molecule has 0 aromatic heterocycles. The number of nitrogens with one attached hydrogen (secondary N) is 2. The Morgan fingerprint density at radius 1 is 0.906 bits per heavy atom. The predicted molar refractivity (Wildman–Crippen MR) is 154 cm³/mol. The number of nitrogens with zero attached hydrogens (tertiary/aromatic N) is 1. The summed E-state index contributed by atoms with van der Waals surface area (Å²) < 4.78 is 0. The first kappa shape index (κ1) is 42.0. The summed E-state index contributed by atoms with van der Waals surface area (Å²) in [6.45, 7) is 26.9. The summed E-state index contributed by atoms with van der Waals surface area (Å²) in [5.41, 5.74) is 5.21. The third-order valence-corrected chi connectivity index (χ3v) is 5.75. The molecule has 202 valence electrons. The molecule has 0 aromatic rings. The second-order valence-corrected chi connectivity index (χ2v) is 7.70. The number of hydrogen-bond acceptors (Lipinski definition) is 4. The Bertz CT molecular complexity index is 257. The third-order valence-electron chi connectivity index (χ3n) is 5.75. The molecule has 4 N–H and O–H groups in total. The van der Waals surface area contributed by atoms with E-state index < -0.39 is 0 Å². The van der Waals surface area contributed by atoms with Gasteiger partial charge in [0.25, 0.3) is 0 Å². The zero-order valence-electron chi connectivity index (χ0n) is 25.3. The number of hydrogen-bond donors (Lipinski definition) is 3. The molecule has 4 heteroatoms. The van der Waals surface area contributed by atoms with Crippen LogP contribution in [0.2, 0.25) is 0 Å². The number of piperidine rings is 1. The van der Waals surface area contributed by atoms with Gasteiger partial charge in [0.05, 0.1) is 0 Å². The van der Waals surface area contributed by atoms with Gasteiger partial charge < -0.3 is 21.3 Å². The van der Waals surface area contributed by atoms with Crippen LogP contribution in [0.5, 0.6) is 0 Å². The van der Waals surface area contributed by atoms with Gasteiger partial charge in [0.2, 0.25) is 0 Å². The van der Waals surface area contributed by atoms with Gasteiger partial charge in [-0.15, -0.1) is 0 Å². The third kappa shape index (κ3) is 32.0. The topological polar surface area (TPSA) is 53.3 Å². The highest BCUT2D eigenvalue weighted by molar-refractivity contribution is 4.82. The van der Waals surface area contributed by atoms with Gasteiger partial charge in [-0.2, -0.15) is 0 Å². The van der Waals surface area contributed by atoms with Gasteiger partial charge in [-0.1, -0.05) is 101 Å². The summed E-state index contributed by atoms with van der Waals surface area (Å²) in [5.74, 6) is 1.13. The molecular weight excluding hydrogens is 392 g/mol. The molecular formula is C28H70N4. The lowest BCUT2D eigenvalue weighted by molar-refractivity contribution is 0.175. The zero-order valence-corrected chi connectivity index (χ0v) is 25.3. The Kier molecular flexibility index (Phi) is 50.1. The summed E-state index contributed by atoms with van der Waals surface area (Å²) in [7, 11) is 5.60. The van der Waals surface area contributed by atoms with Crippen LogP contribution in [0, 0.1) is 11.3 Å². The highest BCUT2D eigenvalue weighted by atomic mass is 15.1. The first-order chi connectivity index (χ1) is 15.6.